The molecule has 0 radical (unpaired) electrons. The van der Waals surface area contributed by atoms with Crippen molar-refractivity contribution in [2.45, 2.75) is 27.2 Å². The molecule has 0 unspecified atom stereocenters. The smallest absolute Gasteiger partial charge is 0.126 e. The number of ether oxygens (including phenoxy) is 2. The third-order valence-corrected chi connectivity index (χ3v) is 6.38. The molecule has 4 rings (SSSR count). The lowest BCUT2D eigenvalue weighted by molar-refractivity contribution is 0.413. The highest BCUT2D eigenvalue weighted by atomic mass is 16.5. The summed E-state index contributed by atoms with van der Waals surface area (Å²) in [7, 11) is 3.41. The van der Waals surface area contributed by atoms with Gasteiger partial charge in [-0.15, -0.1) is 0 Å². The molecular weight excluding hydrogens is 454 g/mol. The van der Waals surface area contributed by atoms with Gasteiger partial charge >= 0.3 is 0 Å². The average Bonchev–Trinajstić information content (AvgIpc) is 2.93. The summed E-state index contributed by atoms with van der Waals surface area (Å²) in [6.45, 7) is 6.38. The summed E-state index contributed by atoms with van der Waals surface area (Å²) >= 11 is 0. The van der Waals surface area contributed by atoms with E-state index in [0.29, 0.717) is 0 Å². The zero-order chi connectivity index (χ0) is 26.2. The molecular formula is C34H35NO2. The number of anilines is 3. The minimum Gasteiger partial charge on any atom is -0.497 e. The first-order valence-corrected chi connectivity index (χ1v) is 12.7. The Morgan fingerprint density at radius 2 is 1.24 bits per heavy atom. The summed E-state index contributed by atoms with van der Waals surface area (Å²) in [5.41, 5.74) is 9.13. The maximum Gasteiger partial charge on any atom is 0.126 e. The minimum atomic E-state index is 0.842. The van der Waals surface area contributed by atoms with Crippen LogP contribution in [0.5, 0.6) is 11.5 Å². The maximum absolute atomic E-state index is 5.64. The summed E-state index contributed by atoms with van der Waals surface area (Å²) in [6.07, 6.45) is 9.58. The Kier molecular flexibility index (Phi) is 8.48. The van der Waals surface area contributed by atoms with Crippen LogP contribution in [0.3, 0.4) is 0 Å². The Balaban J connectivity index is 1.62. The Labute approximate surface area is 221 Å². The number of hydrogen-bond donors (Lipinski definition) is 0. The third kappa shape index (κ3) is 6.31. The second-order valence-electron chi connectivity index (χ2n) is 9.06. The van der Waals surface area contributed by atoms with Crippen molar-refractivity contribution in [1.82, 2.24) is 0 Å². The second-order valence-corrected chi connectivity index (χ2v) is 9.06. The molecule has 0 aliphatic carbocycles. The highest BCUT2D eigenvalue weighted by Gasteiger charge is 2.12. The molecule has 0 amide bonds. The predicted octanol–water partition coefficient (Wildman–Crippen LogP) is 9.38. The molecule has 0 aliphatic heterocycles. The van der Waals surface area contributed by atoms with Crippen LogP contribution >= 0.6 is 0 Å². The second kappa shape index (κ2) is 12.1. The number of rotatable bonds is 9. The van der Waals surface area contributed by atoms with E-state index < -0.39 is 0 Å². The van der Waals surface area contributed by atoms with Gasteiger partial charge in [0.2, 0.25) is 0 Å². The van der Waals surface area contributed by atoms with E-state index in [1.165, 1.54) is 11.1 Å². The summed E-state index contributed by atoms with van der Waals surface area (Å²) in [5, 5.41) is 0. The van der Waals surface area contributed by atoms with Gasteiger partial charge in [0.05, 0.1) is 14.2 Å². The quantitative estimate of drug-likeness (QED) is 0.219. The van der Waals surface area contributed by atoms with Gasteiger partial charge in [0.15, 0.2) is 0 Å². The molecule has 0 N–H and O–H groups in total. The number of allylic oxidation sites excluding steroid dienone is 1. The van der Waals surface area contributed by atoms with Crippen molar-refractivity contribution in [3.8, 4) is 11.5 Å². The van der Waals surface area contributed by atoms with E-state index in [9.17, 15) is 0 Å². The lowest BCUT2D eigenvalue weighted by Gasteiger charge is -2.26. The van der Waals surface area contributed by atoms with Crippen LogP contribution < -0.4 is 14.4 Å². The predicted molar refractivity (Wildman–Crippen MR) is 158 cm³/mol. The first-order chi connectivity index (χ1) is 18.0. The number of aryl methyl sites for hydroxylation is 2. The van der Waals surface area contributed by atoms with Crippen LogP contribution in [0.15, 0.2) is 91.0 Å². The topological polar surface area (TPSA) is 21.7 Å². The van der Waals surface area contributed by atoms with E-state index in [4.69, 9.17) is 9.47 Å². The van der Waals surface area contributed by atoms with Crippen molar-refractivity contribution in [2.75, 3.05) is 19.1 Å². The fourth-order valence-corrected chi connectivity index (χ4v) is 4.25. The molecule has 0 aromatic heterocycles. The first-order valence-electron chi connectivity index (χ1n) is 12.7. The van der Waals surface area contributed by atoms with Crippen LogP contribution in [-0.2, 0) is 0 Å². The van der Waals surface area contributed by atoms with Crippen molar-refractivity contribution in [3.05, 3.63) is 119 Å². The molecule has 3 nitrogen and oxygen atoms in total. The Morgan fingerprint density at radius 3 is 1.81 bits per heavy atom. The van der Waals surface area contributed by atoms with Crippen LogP contribution in [0, 0.1) is 13.8 Å². The van der Waals surface area contributed by atoms with Gasteiger partial charge in [0.1, 0.15) is 11.5 Å². The van der Waals surface area contributed by atoms with Crippen LogP contribution in [0.25, 0.3) is 18.2 Å². The van der Waals surface area contributed by atoms with Gasteiger partial charge in [0.25, 0.3) is 0 Å². The Hall–Kier alpha value is -4.24. The van der Waals surface area contributed by atoms with Crippen molar-refractivity contribution >= 4 is 35.3 Å². The maximum atomic E-state index is 5.64. The van der Waals surface area contributed by atoms with E-state index in [1.807, 2.05) is 12.1 Å². The normalized spacial score (nSPS) is 11.3. The van der Waals surface area contributed by atoms with E-state index in [2.05, 4.69) is 123 Å². The van der Waals surface area contributed by atoms with Gasteiger partial charge in [-0.05, 0) is 97.6 Å². The molecule has 188 valence electrons. The highest BCUT2D eigenvalue weighted by Crippen LogP contribution is 2.35. The fraction of sp³-hybridized carbons (Fsp3) is 0.176. The zero-order valence-corrected chi connectivity index (χ0v) is 22.4. The highest BCUT2D eigenvalue weighted by molar-refractivity contribution is 5.79. The molecule has 0 saturated heterocycles. The summed E-state index contributed by atoms with van der Waals surface area (Å²) in [6, 6.07) is 29.7. The van der Waals surface area contributed by atoms with Gasteiger partial charge in [-0.1, -0.05) is 61.1 Å². The Morgan fingerprint density at radius 1 is 0.649 bits per heavy atom. The van der Waals surface area contributed by atoms with Gasteiger partial charge in [-0.3, -0.25) is 0 Å². The molecule has 0 heterocycles. The fourth-order valence-electron chi connectivity index (χ4n) is 4.25. The molecule has 4 aromatic rings. The molecule has 0 spiro atoms. The van der Waals surface area contributed by atoms with Crippen molar-refractivity contribution in [1.29, 1.82) is 0 Å². The number of methoxy groups -OCH3 is 2. The van der Waals surface area contributed by atoms with Crippen LogP contribution in [-0.4, -0.2) is 14.2 Å². The average molecular weight is 490 g/mol. The molecule has 37 heavy (non-hydrogen) atoms. The van der Waals surface area contributed by atoms with Gasteiger partial charge in [-0.25, -0.2) is 0 Å². The summed E-state index contributed by atoms with van der Waals surface area (Å²) in [5.74, 6) is 1.73. The molecule has 0 saturated carbocycles. The summed E-state index contributed by atoms with van der Waals surface area (Å²) < 4.78 is 11.0. The SMILES string of the molecule is CC/C=C\c1cc(C)c(/C=C\c2ccc(N(c3ccc(C)cc3)c3ccc(OC)cc3)cc2)cc1OC. The number of nitrogens with zero attached hydrogens (tertiary/aromatic N) is 1. The molecule has 4 aromatic carbocycles. The first kappa shape index (κ1) is 25.8. The third-order valence-electron chi connectivity index (χ3n) is 6.38. The lowest BCUT2D eigenvalue weighted by Crippen LogP contribution is -2.09. The molecule has 0 fully saturated rings. The molecule has 0 aliphatic rings. The standard InChI is InChI=1S/C34H35NO2/c1-6-7-8-29-23-26(3)28(24-34(29)37-5)14-11-27-12-17-31(18-13-27)35(30-15-9-25(2)10-16-30)32-19-21-33(36-4)22-20-32/h7-24H,6H2,1-5H3/b8-7-,14-11-. The number of hydrogen-bond acceptors (Lipinski definition) is 3. The zero-order valence-electron chi connectivity index (χ0n) is 22.4. The van der Waals surface area contributed by atoms with Crippen molar-refractivity contribution in [3.63, 3.8) is 0 Å². The van der Waals surface area contributed by atoms with E-state index in [-0.39, 0.29) is 0 Å². The van der Waals surface area contributed by atoms with E-state index in [1.54, 1.807) is 14.2 Å². The molecule has 0 bridgehead atoms. The lowest BCUT2D eigenvalue weighted by atomic mass is 10.0. The minimum absolute atomic E-state index is 0.842. The van der Waals surface area contributed by atoms with E-state index >= 15 is 0 Å². The van der Waals surface area contributed by atoms with Crippen molar-refractivity contribution in [2.24, 2.45) is 0 Å². The summed E-state index contributed by atoms with van der Waals surface area (Å²) in [4.78, 5) is 2.25. The van der Waals surface area contributed by atoms with Crippen LogP contribution in [0.1, 0.15) is 41.2 Å². The monoisotopic (exact) mass is 489 g/mol. The van der Waals surface area contributed by atoms with Gasteiger partial charge in [0, 0.05) is 22.6 Å². The Bertz CT molecular complexity index is 1370. The molecule has 3 heteroatoms. The van der Waals surface area contributed by atoms with Crippen LogP contribution in [0.4, 0.5) is 17.1 Å². The van der Waals surface area contributed by atoms with E-state index in [0.717, 1.165) is 51.7 Å². The van der Waals surface area contributed by atoms with Gasteiger partial charge in [-0.2, -0.15) is 0 Å². The van der Waals surface area contributed by atoms with Crippen LogP contribution in [0.2, 0.25) is 0 Å². The number of benzene rings is 4. The van der Waals surface area contributed by atoms with Gasteiger partial charge < -0.3 is 14.4 Å². The van der Waals surface area contributed by atoms with Crippen molar-refractivity contribution < 1.29 is 9.47 Å². The molecule has 0 atom stereocenters. The largest absolute Gasteiger partial charge is 0.497 e.